The quantitative estimate of drug-likeness (QED) is 0.0199. The lowest BCUT2D eigenvalue weighted by atomic mass is 10.0. The van der Waals surface area contributed by atoms with Crippen LogP contribution < -0.4 is 0 Å². The van der Waals surface area contributed by atoms with E-state index in [4.69, 9.17) is 14.2 Å². The molecule has 0 amide bonds. The molecule has 0 aliphatic heterocycles. The first-order chi connectivity index (χ1) is 33.5. The van der Waals surface area contributed by atoms with E-state index >= 15 is 0 Å². The molecule has 1 atom stereocenters. The molecule has 0 heterocycles. The van der Waals surface area contributed by atoms with E-state index in [0.29, 0.717) is 19.3 Å². The van der Waals surface area contributed by atoms with E-state index in [1.807, 2.05) is 24.3 Å². The molecular weight excluding hydrogens is 841 g/mol. The van der Waals surface area contributed by atoms with Gasteiger partial charge in [-0.3, -0.25) is 14.4 Å². The van der Waals surface area contributed by atoms with Crippen LogP contribution in [-0.2, 0) is 28.6 Å². The molecular formula is C62H108O6. The lowest BCUT2D eigenvalue weighted by Gasteiger charge is -2.18. The third-order valence-corrected chi connectivity index (χ3v) is 12.5. The third-order valence-electron chi connectivity index (χ3n) is 12.5. The van der Waals surface area contributed by atoms with Gasteiger partial charge in [0.05, 0.1) is 0 Å². The molecule has 0 aliphatic carbocycles. The van der Waals surface area contributed by atoms with Crippen LogP contribution in [0.5, 0.6) is 0 Å². The zero-order chi connectivity index (χ0) is 49.3. The van der Waals surface area contributed by atoms with Gasteiger partial charge in [-0.25, -0.2) is 0 Å². The Morgan fingerprint density at radius 2 is 0.574 bits per heavy atom. The summed E-state index contributed by atoms with van der Waals surface area (Å²) < 4.78 is 16.8. The number of hydrogen-bond acceptors (Lipinski definition) is 6. The topological polar surface area (TPSA) is 78.9 Å². The maximum Gasteiger partial charge on any atom is 0.306 e. The van der Waals surface area contributed by atoms with E-state index in [1.54, 1.807) is 0 Å². The van der Waals surface area contributed by atoms with Crippen molar-refractivity contribution in [3.63, 3.8) is 0 Å². The predicted octanol–water partition coefficient (Wildman–Crippen LogP) is 19.4. The van der Waals surface area contributed by atoms with Crippen molar-refractivity contribution >= 4 is 17.9 Å². The predicted molar refractivity (Wildman–Crippen MR) is 293 cm³/mol. The van der Waals surface area contributed by atoms with Crippen molar-refractivity contribution in [2.24, 2.45) is 0 Å². The average molecular weight is 950 g/mol. The van der Waals surface area contributed by atoms with Crippen molar-refractivity contribution in [2.45, 2.75) is 290 Å². The van der Waals surface area contributed by atoms with Crippen molar-refractivity contribution in [2.75, 3.05) is 13.2 Å². The van der Waals surface area contributed by atoms with Crippen LogP contribution in [0.1, 0.15) is 284 Å². The Morgan fingerprint density at radius 1 is 0.294 bits per heavy atom. The normalized spacial score (nSPS) is 12.6. The van der Waals surface area contributed by atoms with E-state index in [-0.39, 0.29) is 31.1 Å². The molecule has 68 heavy (non-hydrogen) atoms. The fourth-order valence-electron chi connectivity index (χ4n) is 8.17. The number of carbonyl (C=O) groups excluding carboxylic acids is 3. The van der Waals surface area contributed by atoms with Crippen molar-refractivity contribution in [1.29, 1.82) is 0 Å². The summed E-state index contributed by atoms with van der Waals surface area (Å²) in [4.78, 5) is 38.2. The summed E-state index contributed by atoms with van der Waals surface area (Å²) in [5.74, 6) is -0.918. The Balaban J connectivity index is 4.43. The van der Waals surface area contributed by atoms with Crippen LogP contribution in [0.4, 0.5) is 0 Å². The summed E-state index contributed by atoms with van der Waals surface area (Å²) in [6.45, 7) is 6.54. The van der Waals surface area contributed by atoms with Crippen LogP contribution in [-0.4, -0.2) is 37.2 Å². The van der Waals surface area contributed by atoms with Gasteiger partial charge in [0.1, 0.15) is 13.2 Å². The number of hydrogen-bond donors (Lipinski definition) is 0. The van der Waals surface area contributed by atoms with Gasteiger partial charge in [0, 0.05) is 19.3 Å². The van der Waals surface area contributed by atoms with Crippen LogP contribution in [0.2, 0.25) is 0 Å². The summed E-state index contributed by atoms with van der Waals surface area (Å²) in [7, 11) is 0. The largest absolute Gasteiger partial charge is 0.462 e. The van der Waals surface area contributed by atoms with Crippen molar-refractivity contribution < 1.29 is 28.6 Å². The minimum atomic E-state index is -0.791. The van der Waals surface area contributed by atoms with Crippen molar-refractivity contribution in [3.8, 4) is 0 Å². The van der Waals surface area contributed by atoms with Crippen LogP contribution >= 0.6 is 0 Å². The lowest BCUT2D eigenvalue weighted by molar-refractivity contribution is -0.167. The molecule has 0 fully saturated rings. The SMILES string of the molecule is CCC\C=C/C=C\C=C/C=C\C=C/CCCCCCCC(=O)OCC(COC(=O)CCCCC/C=C\CCCCCCCCC)OC(=O)CCCCCCCCCCCCCCCCCCCC. The molecule has 6 heteroatoms. The zero-order valence-electron chi connectivity index (χ0n) is 44.9. The molecule has 0 bridgehead atoms. The van der Waals surface area contributed by atoms with Gasteiger partial charge in [-0.2, -0.15) is 0 Å². The first-order valence-corrected chi connectivity index (χ1v) is 29.0. The van der Waals surface area contributed by atoms with Gasteiger partial charge in [0.15, 0.2) is 6.10 Å². The highest BCUT2D eigenvalue weighted by Crippen LogP contribution is 2.16. The fraction of sp³-hybridized carbons (Fsp3) is 0.758. The van der Waals surface area contributed by atoms with Gasteiger partial charge in [-0.1, -0.05) is 273 Å². The van der Waals surface area contributed by atoms with E-state index in [0.717, 1.165) is 96.3 Å². The molecule has 0 aliphatic rings. The number of unbranched alkanes of at least 4 members (excludes halogenated alkanes) is 33. The summed E-state index contributed by atoms with van der Waals surface area (Å²) in [5.41, 5.74) is 0. The van der Waals surface area contributed by atoms with E-state index < -0.39 is 6.10 Å². The molecule has 0 aromatic rings. The Morgan fingerprint density at radius 3 is 0.941 bits per heavy atom. The minimum absolute atomic E-state index is 0.0897. The molecule has 0 radical (unpaired) electrons. The van der Waals surface area contributed by atoms with E-state index in [1.165, 1.54) is 148 Å². The van der Waals surface area contributed by atoms with Crippen molar-refractivity contribution in [3.05, 3.63) is 72.9 Å². The van der Waals surface area contributed by atoms with Crippen LogP contribution in [0.25, 0.3) is 0 Å². The van der Waals surface area contributed by atoms with Gasteiger partial charge in [0.2, 0.25) is 0 Å². The fourth-order valence-corrected chi connectivity index (χ4v) is 8.17. The minimum Gasteiger partial charge on any atom is -0.462 e. The van der Waals surface area contributed by atoms with Gasteiger partial charge >= 0.3 is 17.9 Å². The summed E-state index contributed by atoms with van der Waals surface area (Å²) in [5, 5.41) is 0. The first-order valence-electron chi connectivity index (χ1n) is 29.0. The average Bonchev–Trinajstić information content (AvgIpc) is 3.34. The number of rotatable bonds is 52. The second-order valence-corrected chi connectivity index (χ2v) is 19.3. The molecule has 0 aromatic heterocycles. The van der Waals surface area contributed by atoms with Crippen LogP contribution in [0.3, 0.4) is 0 Å². The maximum atomic E-state index is 12.9. The first kappa shape index (κ1) is 64.8. The maximum absolute atomic E-state index is 12.9. The van der Waals surface area contributed by atoms with Gasteiger partial charge in [-0.05, 0) is 64.2 Å². The van der Waals surface area contributed by atoms with Crippen LogP contribution in [0.15, 0.2) is 72.9 Å². The highest BCUT2D eigenvalue weighted by Gasteiger charge is 2.19. The number of ether oxygens (including phenoxy) is 3. The van der Waals surface area contributed by atoms with Gasteiger partial charge in [0.25, 0.3) is 0 Å². The lowest BCUT2D eigenvalue weighted by Crippen LogP contribution is -2.30. The molecule has 0 rings (SSSR count). The Labute approximate surface area is 421 Å². The molecule has 0 spiro atoms. The standard InChI is InChI=1S/C62H108O6/c1-4-7-10-13-16-19-22-25-28-30-32-34-37-40-43-46-49-52-55-61(64)67-58-59(57-66-60(63)54-51-48-45-42-39-36-27-24-21-18-15-12-9-6-3)68-62(65)56-53-50-47-44-41-38-35-33-31-29-26-23-20-17-14-11-8-5-2/h10,13,16,19,22,25,28,30,32,34,36,39,59H,4-9,11-12,14-15,17-18,20-21,23-24,26-27,29,31,33,35,37-38,40-58H2,1-3H3/b13-10-,19-16-,25-22-,30-28-,34-32-,39-36-. The van der Waals surface area contributed by atoms with E-state index in [2.05, 4.69) is 69.4 Å². The number of esters is 3. The third kappa shape index (κ3) is 53.8. The summed E-state index contributed by atoms with van der Waals surface area (Å²) in [6.07, 6.45) is 71.7. The Kier molecular flexibility index (Phi) is 53.8. The second kappa shape index (κ2) is 56.4. The monoisotopic (exact) mass is 949 g/mol. The summed E-state index contributed by atoms with van der Waals surface area (Å²) in [6, 6.07) is 0. The Bertz CT molecular complexity index is 1270. The molecule has 6 nitrogen and oxygen atoms in total. The van der Waals surface area contributed by atoms with E-state index in [9.17, 15) is 14.4 Å². The summed E-state index contributed by atoms with van der Waals surface area (Å²) >= 11 is 0. The second-order valence-electron chi connectivity index (χ2n) is 19.3. The highest BCUT2D eigenvalue weighted by molar-refractivity contribution is 5.71. The molecule has 392 valence electrons. The van der Waals surface area contributed by atoms with Crippen molar-refractivity contribution in [1.82, 2.24) is 0 Å². The molecule has 0 saturated heterocycles. The zero-order valence-corrected chi connectivity index (χ0v) is 44.9. The number of allylic oxidation sites excluding steroid dienone is 12. The molecule has 0 N–H and O–H groups in total. The van der Waals surface area contributed by atoms with Gasteiger partial charge < -0.3 is 14.2 Å². The molecule has 0 aromatic carbocycles. The van der Waals surface area contributed by atoms with Crippen LogP contribution in [0, 0.1) is 0 Å². The Hall–Kier alpha value is -3.15. The smallest absolute Gasteiger partial charge is 0.306 e. The number of carbonyl (C=O) groups is 3. The highest BCUT2D eigenvalue weighted by atomic mass is 16.6. The molecule has 0 saturated carbocycles. The molecule has 1 unspecified atom stereocenters. The van der Waals surface area contributed by atoms with Gasteiger partial charge in [-0.15, -0.1) is 0 Å².